The van der Waals surface area contributed by atoms with Crippen molar-refractivity contribution in [3.05, 3.63) is 39.6 Å². The van der Waals surface area contributed by atoms with Gasteiger partial charge in [-0.1, -0.05) is 17.4 Å². The number of hydrogen-bond acceptors (Lipinski definition) is 4. The normalized spacial score (nSPS) is 10.1. The molecule has 0 fully saturated rings. The Kier molecular flexibility index (Phi) is 3.31. The van der Waals surface area contributed by atoms with Crippen LogP contribution in [-0.4, -0.2) is 15.9 Å². The molecule has 0 aliphatic rings. The van der Waals surface area contributed by atoms with Gasteiger partial charge >= 0.3 is 0 Å². The topological polar surface area (TPSA) is 54.9 Å². The number of carbonyl (C=O) groups excluding carboxylic acids is 1. The fourth-order valence-corrected chi connectivity index (χ4v) is 2.29. The summed E-state index contributed by atoms with van der Waals surface area (Å²) < 4.78 is 0.876. The van der Waals surface area contributed by atoms with E-state index < -0.39 is 0 Å². The van der Waals surface area contributed by atoms with E-state index in [1.165, 1.54) is 11.3 Å². The van der Waals surface area contributed by atoms with Crippen LogP contribution < -0.4 is 5.32 Å². The van der Waals surface area contributed by atoms with Crippen LogP contribution in [-0.2, 0) is 0 Å². The number of hydrogen-bond donors (Lipinski definition) is 1. The van der Waals surface area contributed by atoms with Crippen molar-refractivity contribution in [3.63, 3.8) is 0 Å². The first kappa shape index (κ1) is 11.2. The first-order chi connectivity index (χ1) is 7.66. The van der Waals surface area contributed by atoms with Crippen molar-refractivity contribution in [2.45, 2.75) is 6.92 Å². The number of halogens is 1. The lowest BCUT2D eigenvalue weighted by molar-refractivity contribution is 0.102. The number of pyridine rings is 1. The summed E-state index contributed by atoms with van der Waals surface area (Å²) in [6, 6.07) is 3.64. The third-order valence-electron chi connectivity index (χ3n) is 1.92. The van der Waals surface area contributed by atoms with E-state index in [4.69, 9.17) is 0 Å². The largest absolute Gasteiger partial charge is 0.296 e. The molecule has 0 aliphatic carbocycles. The summed E-state index contributed by atoms with van der Waals surface area (Å²) in [6.45, 7) is 1.85. The van der Waals surface area contributed by atoms with Gasteiger partial charge in [0.05, 0.1) is 9.98 Å². The molecule has 0 spiro atoms. The van der Waals surface area contributed by atoms with E-state index in [1.54, 1.807) is 18.5 Å². The molecule has 6 heteroatoms. The average molecular weight is 298 g/mol. The third-order valence-corrected chi connectivity index (χ3v) is 3.31. The molecule has 2 heterocycles. The zero-order chi connectivity index (χ0) is 11.5. The maximum atomic E-state index is 11.8. The Morgan fingerprint density at radius 2 is 2.31 bits per heavy atom. The number of aryl methyl sites for hydroxylation is 1. The maximum absolute atomic E-state index is 11.8. The fraction of sp³-hybridized carbons (Fsp3) is 0.100. The summed E-state index contributed by atoms with van der Waals surface area (Å²) in [7, 11) is 0. The van der Waals surface area contributed by atoms with Crippen LogP contribution >= 0.6 is 27.3 Å². The number of thiazole rings is 1. The fourth-order valence-electron chi connectivity index (χ4n) is 1.19. The summed E-state index contributed by atoms with van der Waals surface area (Å²) in [5, 5.41) is 3.25. The standard InChI is InChI=1S/C10H8BrN3OS/c1-6-3-2-4-12-8(6)9(15)14-10-13-5-7(11)16-10/h2-5H,1H3,(H,13,14,15). The molecule has 4 nitrogen and oxygen atoms in total. The predicted octanol–water partition coefficient (Wildman–Crippen LogP) is 2.86. The molecule has 0 saturated heterocycles. The Labute approximate surface area is 105 Å². The molecule has 16 heavy (non-hydrogen) atoms. The van der Waals surface area contributed by atoms with E-state index in [2.05, 4.69) is 31.2 Å². The van der Waals surface area contributed by atoms with Crippen molar-refractivity contribution in [2.24, 2.45) is 0 Å². The summed E-state index contributed by atoms with van der Waals surface area (Å²) in [5.41, 5.74) is 1.27. The lowest BCUT2D eigenvalue weighted by Gasteiger charge is -2.02. The van der Waals surface area contributed by atoms with E-state index in [1.807, 2.05) is 13.0 Å². The van der Waals surface area contributed by atoms with Crippen molar-refractivity contribution in [2.75, 3.05) is 5.32 Å². The van der Waals surface area contributed by atoms with Gasteiger partial charge in [0, 0.05) is 6.20 Å². The molecular formula is C10H8BrN3OS. The second-order valence-electron chi connectivity index (χ2n) is 3.09. The minimum atomic E-state index is -0.236. The lowest BCUT2D eigenvalue weighted by atomic mass is 10.2. The molecule has 0 bridgehead atoms. The zero-order valence-corrected chi connectivity index (χ0v) is 10.8. The number of nitrogens with one attached hydrogen (secondary N) is 1. The molecule has 82 valence electrons. The number of carbonyl (C=O) groups is 1. The van der Waals surface area contributed by atoms with Gasteiger partial charge in [-0.25, -0.2) is 4.98 Å². The molecule has 2 aromatic rings. The van der Waals surface area contributed by atoms with Crippen LogP contribution in [0.15, 0.2) is 28.3 Å². The second-order valence-corrected chi connectivity index (χ2v) is 5.50. The minimum absolute atomic E-state index is 0.236. The molecule has 0 unspecified atom stereocenters. The van der Waals surface area contributed by atoms with Crippen LogP contribution in [0.5, 0.6) is 0 Å². The quantitative estimate of drug-likeness (QED) is 0.927. The minimum Gasteiger partial charge on any atom is -0.296 e. The van der Waals surface area contributed by atoms with Gasteiger partial charge in [0.1, 0.15) is 5.69 Å². The second kappa shape index (κ2) is 4.71. The number of aromatic nitrogens is 2. The predicted molar refractivity (Wildman–Crippen MR) is 66.7 cm³/mol. The van der Waals surface area contributed by atoms with Crippen LogP contribution in [0.25, 0.3) is 0 Å². The number of nitrogens with zero attached hydrogens (tertiary/aromatic N) is 2. The highest BCUT2D eigenvalue weighted by Crippen LogP contribution is 2.23. The van der Waals surface area contributed by atoms with E-state index in [9.17, 15) is 4.79 Å². The van der Waals surface area contributed by atoms with Gasteiger partial charge in [0.2, 0.25) is 0 Å². The first-order valence-corrected chi connectivity index (χ1v) is 6.12. The average Bonchev–Trinajstić information content (AvgIpc) is 2.64. The van der Waals surface area contributed by atoms with Crippen molar-refractivity contribution in [3.8, 4) is 0 Å². The molecular weight excluding hydrogens is 290 g/mol. The molecule has 0 aliphatic heterocycles. The Balaban J connectivity index is 2.18. The smallest absolute Gasteiger partial charge is 0.276 e. The highest BCUT2D eigenvalue weighted by molar-refractivity contribution is 9.11. The Morgan fingerprint density at radius 3 is 2.94 bits per heavy atom. The number of anilines is 1. The van der Waals surface area contributed by atoms with Crippen molar-refractivity contribution in [1.29, 1.82) is 0 Å². The Hall–Kier alpha value is -1.27. The van der Waals surface area contributed by atoms with Gasteiger partial charge in [-0.3, -0.25) is 15.1 Å². The summed E-state index contributed by atoms with van der Waals surface area (Å²) >= 11 is 4.64. The van der Waals surface area contributed by atoms with E-state index in [-0.39, 0.29) is 5.91 Å². The SMILES string of the molecule is Cc1cccnc1C(=O)Nc1ncc(Br)s1. The molecule has 2 aromatic heterocycles. The molecule has 1 N–H and O–H groups in total. The van der Waals surface area contributed by atoms with Crippen molar-refractivity contribution in [1.82, 2.24) is 9.97 Å². The van der Waals surface area contributed by atoms with Crippen molar-refractivity contribution < 1.29 is 4.79 Å². The van der Waals surface area contributed by atoms with Gasteiger partial charge in [0.15, 0.2) is 5.13 Å². The van der Waals surface area contributed by atoms with Gasteiger partial charge < -0.3 is 0 Å². The van der Waals surface area contributed by atoms with E-state index in [0.29, 0.717) is 10.8 Å². The van der Waals surface area contributed by atoms with Crippen molar-refractivity contribution >= 4 is 38.3 Å². The van der Waals surface area contributed by atoms with E-state index >= 15 is 0 Å². The van der Waals surface area contributed by atoms with Gasteiger partial charge in [0.25, 0.3) is 5.91 Å². The molecule has 2 rings (SSSR count). The summed E-state index contributed by atoms with van der Waals surface area (Å²) in [5.74, 6) is -0.236. The number of amides is 1. The van der Waals surface area contributed by atoms with Gasteiger partial charge in [-0.15, -0.1) is 0 Å². The van der Waals surface area contributed by atoms with Gasteiger partial charge in [-0.2, -0.15) is 0 Å². The molecule has 0 aromatic carbocycles. The summed E-state index contributed by atoms with van der Waals surface area (Å²) in [6.07, 6.45) is 3.24. The van der Waals surface area contributed by atoms with E-state index in [0.717, 1.165) is 9.35 Å². The highest BCUT2D eigenvalue weighted by atomic mass is 79.9. The van der Waals surface area contributed by atoms with Crippen LogP contribution in [0.3, 0.4) is 0 Å². The summed E-state index contributed by atoms with van der Waals surface area (Å²) in [4.78, 5) is 19.9. The Bertz CT molecular complexity index is 526. The monoisotopic (exact) mass is 297 g/mol. The highest BCUT2D eigenvalue weighted by Gasteiger charge is 2.11. The van der Waals surface area contributed by atoms with Crippen LogP contribution in [0.4, 0.5) is 5.13 Å². The molecule has 1 amide bonds. The van der Waals surface area contributed by atoms with Crippen LogP contribution in [0.1, 0.15) is 16.1 Å². The first-order valence-electron chi connectivity index (χ1n) is 4.51. The number of rotatable bonds is 2. The molecule has 0 saturated carbocycles. The van der Waals surface area contributed by atoms with Crippen LogP contribution in [0.2, 0.25) is 0 Å². The molecule has 0 atom stereocenters. The maximum Gasteiger partial charge on any atom is 0.276 e. The lowest BCUT2D eigenvalue weighted by Crippen LogP contribution is -2.14. The van der Waals surface area contributed by atoms with Gasteiger partial charge in [-0.05, 0) is 34.5 Å². The molecule has 0 radical (unpaired) electrons. The zero-order valence-electron chi connectivity index (χ0n) is 8.40. The Morgan fingerprint density at radius 1 is 1.50 bits per heavy atom. The third kappa shape index (κ3) is 2.45. The van der Waals surface area contributed by atoms with Crippen LogP contribution in [0, 0.1) is 6.92 Å².